The van der Waals surface area contributed by atoms with Crippen molar-refractivity contribution >= 4 is 38.9 Å². The molecule has 0 N–H and O–H groups in total. The Balaban J connectivity index is 1.71. The predicted molar refractivity (Wildman–Crippen MR) is 153 cm³/mol. The lowest BCUT2D eigenvalue weighted by Crippen LogP contribution is -2.48. The average Bonchev–Trinajstić information content (AvgIpc) is 2.92. The quantitative estimate of drug-likeness (QED) is 0.181. The van der Waals surface area contributed by atoms with Gasteiger partial charge in [0, 0.05) is 43.8 Å². The number of fused-ring (bicyclic) bond motifs is 1. The molecule has 1 aliphatic rings. The van der Waals surface area contributed by atoms with E-state index in [1.54, 1.807) is 11.0 Å². The summed E-state index contributed by atoms with van der Waals surface area (Å²) in [4.78, 5) is 31.2. The van der Waals surface area contributed by atoms with Crippen molar-refractivity contribution in [3.8, 4) is 0 Å². The van der Waals surface area contributed by atoms with Gasteiger partial charge in [-0.05, 0) is 50.8 Å². The molecule has 0 aliphatic carbocycles. The highest BCUT2D eigenvalue weighted by molar-refractivity contribution is 9.10. The summed E-state index contributed by atoms with van der Waals surface area (Å²) in [5.41, 5.74) is 4.90. The summed E-state index contributed by atoms with van der Waals surface area (Å²) in [6.07, 6.45) is -0.440. The average molecular weight is 571 g/mol. The van der Waals surface area contributed by atoms with Gasteiger partial charge in [0.15, 0.2) is 0 Å². The van der Waals surface area contributed by atoms with Crippen molar-refractivity contribution < 1.29 is 9.72 Å². The number of carbonyl (C=O) groups excluding carboxylic acids is 1. The van der Waals surface area contributed by atoms with Crippen molar-refractivity contribution in [3.05, 3.63) is 134 Å². The first-order valence-electron chi connectivity index (χ1n) is 12.2. The van der Waals surface area contributed by atoms with Gasteiger partial charge in [0.25, 0.3) is 11.6 Å². The van der Waals surface area contributed by atoms with E-state index in [0.29, 0.717) is 24.3 Å². The molecule has 4 aromatic carbocycles. The van der Waals surface area contributed by atoms with Crippen LogP contribution in [0.25, 0.3) is 0 Å². The molecule has 1 amide bonds. The molecule has 0 saturated heterocycles. The number of hydrogen-bond acceptors (Lipinski definition) is 5. The summed E-state index contributed by atoms with van der Waals surface area (Å²) in [5.74, 6) is -0.241. The second-order valence-corrected chi connectivity index (χ2v) is 10.3. The molecule has 0 radical (unpaired) electrons. The minimum Gasteiger partial charge on any atom is -0.377 e. The van der Waals surface area contributed by atoms with Gasteiger partial charge in [0.2, 0.25) is 0 Å². The van der Waals surface area contributed by atoms with Gasteiger partial charge in [-0.25, -0.2) is 0 Å². The van der Waals surface area contributed by atoms with Crippen molar-refractivity contribution in [3.63, 3.8) is 0 Å². The van der Waals surface area contributed by atoms with Gasteiger partial charge in [-0.2, -0.15) is 0 Å². The number of anilines is 2. The summed E-state index contributed by atoms with van der Waals surface area (Å²) < 4.78 is 0.918. The lowest BCUT2D eigenvalue weighted by Gasteiger charge is -2.46. The number of nitrogens with zero attached hydrogens (tertiary/aromatic N) is 4. The maximum Gasteiger partial charge on any atom is 0.270 e. The summed E-state index contributed by atoms with van der Waals surface area (Å²) in [7, 11) is 3.97. The Kier molecular flexibility index (Phi) is 7.15. The van der Waals surface area contributed by atoms with Crippen LogP contribution < -0.4 is 9.80 Å². The van der Waals surface area contributed by atoms with Crippen LogP contribution in [0.15, 0.2) is 102 Å². The number of non-ortho nitro benzene ring substituents is 1. The molecule has 5 rings (SSSR count). The second kappa shape index (κ2) is 10.7. The summed E-state index contributed by atoms with van der Waals surface area (Å²) >= 11 is 3.72. The number of benzene rings is 4. The fourth-order valence-corrected chi connectivity index (χ4v) is 5.67. The van der Waals surface area contributed by atoms with Crippen LogP contribution in [0.4, 0.5) is 17.1 Å². The third-order valence-corrected chi connectivity index (χ3v) is 7.36. The maximum absolute atomic E-state index is 14.1. The minimum atomic E-state index is -0.459. The Morgan fingerprint density at radius 3 is 2.00 bits per heavy atom. The highest BCUT2D eigenvalue weighted by Crippen LogP contribution is 2.43. The zero-order valence-electron chi connectivity index (χ0n) is 21.1. The zero-order chi connectivity index (χ0) is 26.8. The Morgan fingerprint density at radius 1 is 0.842 bits per heavy atom. The van der Waals surface area contributed by atoms with E-state index in [0.717, 1.165) is 26.9 Å². The fraction of sp³-hybridized carbons (Fsp3) is 0.167. The second-order valence-electron chi connectivity index (χ2n) is 9.47. The van der Waals surface area contributed by atoms with Gasteiger partial charge >= 0.3 is 0 Å². The largest absolute Gasteiger partial charge is 0.377 e. The number of nitro benzene ring substituents is 1. The van der Waals surface area contributed by atoms with Crippen molar-refractivity contribution in [1.29, 1.82) is 0 Å². The van der Waals surface area contributed by atoms with E-state index < -0.39 is 11.1 Å². The van der Waals surface area contributed by atoms with Crippen LogP contribution in [0.5, 0.6) is 0 Å². The Morgan fingerprint density at radius 2 is 1.45 bits per heavy atom. The number of halogens is 1. The molecule has 1 atom stereocenters. The third-order valence-electron chi connectivity index (χ3n) is 6.73. The normalized spacial score (nSPS) is 14.8. The van der Waals surface area contributed by atoms with Crippen molar-refractivity contribution in [2.45, 2.75) is 19.3 Å². The SMILES string of the molecule is CN(C)c1ccc([C@@H]2N(Cc3ccccc3)C(=O)c3cc([N+](=O)[O-])ccc3N2Cc2ccccc2)cc1Br. The molecule has 0 saturated carbocycles. The van der Waals surface area contributed by atoms with E-state index in [2.05, 4.69) is 26.9 Å². The highest BCUT2D eigenvalue weighted by Gasteiger charge is 2.39. The molecule has 0 spiro atoms. The molecule has 4 aromatic rings. The first-order valence-corrected chi connectivity index (χ1v) is 13.0. The van der Waals surface area contributed by atoms with E-state index in [1.165, 1.54) is 12.1 Å². The van der Waals surface area contributed by atoms with Crippen molar-refractivity contribution in [2.24, 2.45) is 0 Å². The standard InChI is InChI=1S/C30H27BrN4O3/c1-32(2)28-15-13-23(17-26(28)31)29-33(19-21-9-5-3-6-10-21)27-16-14-24(35(37)38)18-25(27)30(36)34(29)20-22-11-7-4-8-12-22/h3-18,29H,19-20H2,1-2H3/t29-/m0/s1. The number of rotatable bonds is 7. The summed E-state index contributed by atoms with van der Waals surface area (Å²) in [6.45, 7) is 0.868. The number of hydrogen-bond donors (Lipinski definition) is 0. The predicted octanol–water partition coefficient (Wildman–Crippen LogP) is 6.78. The molecule has 192 valence electrons. The van der Waals surface area contributed by atoms with Crippen molar-refractivity contribution in [2.75, 3.05) is 23.9 Å². The topological polar surface area (TPSA) is 69.9 Å². The smallest absolute Gasteiger partial charge is 0.270 e. The van der Waals surface area contributed by atoms with Gasteiger partial charge < -0.3 is 14.7 Å². The molecular weight excluding hydrogens is 544 g/mol. The highest BCUT2D eigenvalue weighted by atomic mass is 79.9. The third kappa shape index (κ3) is 4.99. The lowest BCUT2D eigenvalue weighted by atomic mass is 9.98. The zero-order valence-corrected chi connectivity index (χ0v) is 22.7. The van der Waals surface area contributed by atoms with E-state index in [-0.39, 0.29) is 11.6 Å². The van der Waals surface area contributed by atoms with Crippen LogP contribution in [0, 0.1) is 10.1 Å². The minimum absolute atomic E-state index is 0.104. The summed E-state index contributed by atoms with van der Waals surface area (Å²) in [5, 5.41) is 11.6. The molecule has 1 heterocycles. The molecule has 38 heavy (non-hydrogen) atoms. The first kappa shape index (κ1) is 25.5. The number of carbonyl (C=O) groups is 1. The van der Waals surface area contributed by atoms with Crippen LogP contribution in [-0.4, -0.2) is 29.8 Å². The lowest BCUT2D eigenvalue weighted by molar-refractivity contribution is -0.384. The number of nitro groups is 1. The van der Waals surface area contributed by atoms with Crippen LogP contribution in [-0.2, 0) is 13.1 Å². The molecule has 1 aliphatic heterocycles. The van der Waals surface area contributed by atoms with Crippen LogP contribution >= 0.6 is 15.9 Å². The van der Waals surface area contributed by atoms with E-state index in [9.17, 15) is 14.9 Å². The Labute approximate surface area is 230 Å². The van der Waals surface area contributed by atoms with Gasteiger partial charge in [-0.1, -0.05) is 66.7 Å². The first-order chi connectivity index (χ1) is 18.3. The molecule has 8 heteroatoms. The molecule has 0 aromatic heterocycles. The van der Waals surface area contributed by atoms with Gasteiger partial charge in [0.05, 0.1) is 21.9 Å². The molecule has 0 bridgehead atoms. The van der Waals surface area contributed by atoms with Gasteiger partial charge in [0.1, 0.15) is 6.17 Å². The summed E-state index contributed by atoms with van der Waals surface area (Å²) in [6, 6.07) is 30.5. The fourth-order valence-electron chi connectivity index (χ4n) is 4.92. The maximum atomic E-state index is 14.1. The van der Waals surface area contributed by atoms with Crippen LogP contribution in [0.1, 0.15) is 33.2 Å². The van der Waals surface area contributed by atoms with E-state index in [4.69, 9.17) is 0 Å². The molecular formula is C30H27BrN4O3. The number of amides is 1. The van der Waals surface area contributed by atoms with Gasteiger partial charge in [-0.15, -0.1) is 0 Å². The Hall–Kier alpha value is -4.17. The molecule has 0 unspecified atom stereocenters. The van der Waals surface area contributed by atoms with E-state index >= 15 is 0 Å². The molecule has 7 nitrogen and oxygen atoms in total. The van der Waals surface area contributed by atoms with Crippen LogP contribution in [0.3, 0.4) is 0 Å². The van der Waals surface area contributed by atoms with E-state index in [1.807, 2.05) is 91.8 Å². The van der Waals surface area contributed by atoms with Crippen molar-refractivity contribution in [1.82, 2.24) is 4.90 Å². The van der Waals surface area contributed by atoms with Crippen LogP contribution in [0.2, 0.25) is 0 Å². The molecule has 0 fully saturated rings. The van der Waals surface area contributed by atoms with Gasteiger partial charge in [-0.3, -0.25) is 14.9 Å². The Bertz CT molecular complexity index is 1480. The monoisotopic (exact) mass is 570 g/mol.